The third-order valence-electron chi connectivity index (χ3n) is 0.345. The molecule has 0 heterocycles. The van der Waals surface area contributed by atoms with E-state index in [0.717, 1.165) is 0 Å². The molecule has 0 bridgehead atoms. The van der Waals surface area contributed by atoms with Gasteiger partial charge in [-0.2, -0.15) is 0 Å². The standard InChI is InChI=1S/C3H4Cl2O3/c4-1-7-3(6)8-2-5/h1-2H2. The fourth-order valence-electron chi connectivity index (χ4n) is 0.131. The van der Waals surface area contributed by atoms with Gasteiger partial charge < -0.3 is 9.47 Å². The van der Waals surface area contributed by atoms with Gasteiger partial charge in [-0.05, 0) is 0 Å². The minimum absolute atomic E-state index is 0.213. The Morgan fingerprint density at radius 2 is 1.62 bits per heavy atom. The lowest BCUT2D eigenvalue weighted by Crippen LogP contribution is -2.03. The maximum absolute atomic E-state index is 10.0. The maximum atomic E-state index is 10.0. The molecule has 0 radical (unpaired) electrons. The van der Waals surface area contributed by atoms with E-state index < -0.39 is 6.16 Å². The van der Waals surface area contributed by atoms with Crippen LogP contribution in [0.3, 0.4) is 0 Å². The van der Waals surface area contributed by atoms with Crippen molar-refractivity contribution < 1.29 is 14.3 Å². The predicted octanol–water partition coefficient (Wildman–Crippen LogP) is 1.53. The lowest BCUT2D eigenvalue weighted by Gasteiger charge is -1.96. The zero-order valence-electron chi connectivity index (χ0n) is 3.89. The number of alkyl halides is 2. The molecule has 3 nitrogen and oxygen atoms in total. The monoisotopic (exact) mass is 158 g/mol. The van der Waals surface area contributed by atoms with Crippen LogP contribution in [-0.4, -0.2) is 18.3 Å². The van der Waals surface area contributed by atoms with Gasteiger partial charge in [-0.3, -0.25) is 0 Å². The zero-order valence-corrected chi connectivity index (χ0v) is 5.41. The van der Waals surface area contributed by atoms with E-state index in [2.05, 4.69) is 9.47 Å². The van der Waals surface area contributed by atoms with E-state index in [-0.39, 0.29) is 12.1 Å². The normalized spacial score (nSPS) is 8.25. The molecule has 0 atom stereocenters. The lowest BCUT2D eigenvalue weighted by molar-refractivity contribution is 0.0815. The molecule has 0 aromatic carbocycles. The van der Waals surface area contributed by atoms with Gasteiger partial charge in [-0.25, -0.2) is 4.79 Å². The largest absolute Gasteiger partial charge is 0.510 e. The SMILES string of the molecule is O=C(OCCl)OCCl. The van der Waals surface area contributed by atoms with Crippen LogP contribution in [0.4, 0.5) is 4.79 Å². The van der Waals surface area contributed by atoms with Gasteiger partial charge in [-0.15, -0.1) is 0 Å². The molecular weight excluding hydrogens is 155 g/mol. The van der Waals surface area contributed by atoms with Crippen LogP contribution in [0.1, 0.15) is 0 Å². The fourth-order valence-corrected chi connectivity index (χ4v) is 0.309. The number of carbonyl (C=O) groups is 1. The summed E-state index contributed by atoms with van der Waals surface area (Å²) in [5.41, 5.74) is 0. The zero-order chi connectivity index (χ0) is 6.41. The molecule has 0 saturated heterocycles. The second-order valence-electron chi connectivity index (χ2n) is 0.757. The molecule has 8 heavy (non-hydrogen) atoms. The predicted molar refractivity (Wildman–Crippen MR) is 29.0 cm³/mol. The highest BCUT2D eigenvalue weighted by Gasteiger charge is 1.97. The van der Waals surface area contributed by atoms with Gasteiger partial charge in [-0.1, -0.05) is 23.2 Å². The summed E-state index contributed by atoms with van der Waals surface area (Å²) in [6, 6.07) is -0.425. The minimum Gasteiger partial charge on any atom is -0.418 e. The molecule has 0 aliphatic heterocycles. The van der Waals surface area contributed by atoms with Crippen molar-refractivity contribution in [3.05, 3.63) is 0 Å². The van der Waals surface area contributed by atoms with Crippen molar-refractivity contribution in [1.82, 2.24) is 0 Å². The Hall–Kier alpha value is -0.150. The van der Waals surface area contributed by atoms with Gasteiger partial charge in [0.15, 0.2) is 12.1 Å². The second kappa shape index (κ2) is 5.00. The maximum Gasteiger partial charge on any atom is 0.510 e. The van der Waals surface area contributed by atoms with Gasteiger partial charge in [0, 0.05) is 0 Å². The van der Waals surface area contributed by atoms with E-state index in [1.54, 1.807) is 0 Å². The molecule has 0 N–H and O–H groups in total. The van der Waals surface area contributed by atoms with Crippen LogP contribution in [0.25, 0.3) is 0 Å². The molecule has 0 saturated carbocycles. The van der Waals surface area contributed by atoms with Crippen LogP contribution in [0.5, 0.6) is 0 Å². The first-order valence-corrected chi connectivity index (χ1v) is 2.79. The molecule has 0 rings (SSSR count). The van der Waals surface area contributed by atoms with Gasteiger partial charge >= 0.3 is 6.16 Å². The number of halogens is 2. The smallest absolute Gasteiger partial charge is 0.418 e. The molecule has 0 unspecified atom stereocenters. The van der Waals surface area contributed by atoms with Crippen molar-refractivity contribution >= 4 is 29.4 Å². The van der Waals surface area contributed by atoms with Crippen molar-refractivity contribution in [3.8, 4) is 0 Å². The second-order valence-corrected chi connectivity index (χ2v) is 1.19. The molecule has 0 spiro atoms. The summed E-state index contributed by atoms with van der Waals surface area (Å²) in [5.74, 6) is 0. The fraction of sp³-hybridized carbons (Fsp3) is 0.667. The molecule has 0 fully saturated rings. The Labute approximate surface area is 56.5 Å². The minimum atomic E-state index is -0.852. The molecule has 5 heteroatoms. The van der Waals surface area contributed by atoms with Crippen LogP contribution in [0.2, 0.25) is 0 Å². The summed E-state index contributed by atoms with van der Waals surface area (Å²) in [4.78, 5) is 10.0. The summed E-state index contributed by atoms with van der Waals surface area (Å²) in [6.45, 7) is 0. The first kappa shape index (κ1) is 7.85. The average molecular weight is 159 g/mol. The highest BCUT2D eigenvalue weighted by molar-refractivity contribution is 6.18. The van der Waals surface area contributed by atoms with Gasteiger partial charge in [0.1, 0.15) is 0 Å². The Morgan fingerprint density at radius 3 is 1.88 bits per heavy atom. The Kier molecular flexibility index (Phi) is 4.90. The van der Waals surface area contributed by atoms with Gasteiger partial charge in [0.25, 0.3) is 0 Å². The van der Waals surface area contributed by atoms with Crippen LogP contribution < -0.4 is 0 Å². The van der Waals surface area contributed by atoms with E-state index in [9.17, 15) is 4.79 Å². The summed E-state index contributed by atoms with van der Waals surface area (Å²) in [7, 11) is 0. The lowest BCUT2D eigenvalue weighted by atomic mass is 11.3. The molecule has 48 valence electrons. The highest BCUT2D eigenvalue weighted by atomic mass is 35.5. The third kappa shape index (κ3) is 4.02. The number of hydrogen-bond acceptors (Lipinski definition) is 3. The van der Waals surface area contributed by atoms with Crippen molar-refractivity contribution in [3.63, 3.8) is 0 Å². The Bertz CT molecular complexity index is 66.9. The highest BCUT2D eigenvalue weighted by Crippen LogP contribution is 1.87. The number of ether oxygens (including phenoxy) is 2. The van der Waals surface area contributed by atoms with Crippen molar-refractivity contribution in [2.75, 3.05) is 12.1 Å². The average Bonchev–Trinajstić information content (AvgIpc) is 1.68. The molecular formula is C3H4Cl2O3. The first-order chi connectivity index (χ1) is 3.81. The van der Waals surface area contributed by atoms with Gasteiger partial charge in [0.2, 0.25) is 0 Å². The van der Waals surface area contributed by atoms with Gasteiger partial charge in [0.05, 0.1) is 0 Å². The number of rotatable bonds is 2. The molecule has 0 aliphatic carbocycles. The van der Waals surface area contributed by atoms with E-state index in [0.29, 0.717) is 0 Å². The number of carbonyl (C=O) groups excluding carboxylic acids is 1. The Morgan fingerprint density at radius 1 is 1.25 bits per heavy atom. The summed E-state index contributed by atoms with van der Waals surface area (Å²) in [5, 5.41) is 0. The van der Waals surface area contributed by atoms with Crippen molar-refractivity contribution in [1.29, 1.82) is 0 Å². The van der Waals surface area contributed by atoms with E-state index in [4.69, 9.17) is 23.2 Å². The van der Waals surface area contributed by atoms with E-state index >= 15 is 0 Å². The molecule has 0 aliphatic rings. The third-order valence-corrected chi connectivity index (χ3v) is 0.563. The molecule has 0 aromatic heterocycles. The topological polar surface area (TPSA) is 35.5 Å². The van der Waals surface area contributed by atoms with Crippen LogP contribution in [-0.2, 0) is 9.47 Å². The Balaban J connectivity index is 3.06. The first-order valence-electron chi connectivity index (χ1n) is 1.72. The van der Waals surface area contributed by atoms with E-state index in [1.165, 1.54) is 0 Å². The molecule has 0 amide bonds. The summed E-state index contributed by atoms with van der Waals surface area (Å²) in [6.07, 6.45) is -0.852. The molecule has 0 aromatic rings. The number of hydrogen-bond donors (Lipinski definition) is 0. The van der Waals surface area contributed by atoms with E-state index in [1.807, 2.05) is 0 Å². The van der Waals surface area contributed by atoms with Crippen molar-refractivity contribution in [2.45, 2.75) is 0 Å². The quantitative estimate of drug-likeness (QED) is 0.452. The summed E-state index contributed by atoms with van der Waals surface area (Å²) < 4.78 is 8.20. The summed E-state index contributed by atoms with van der Waals surface area (Å²) >= 11 is 9.93. The van der Waals surface area contributed by atoms with Crippen LogP contribution in [0.15, 0.2) is 0 Å². The van der Waals surface area contributed by atoms with Crippen LogP contribution >= 0.6 is 23.2 Å². The van der Waals surface area contributed by atoms with Crippen LogP contribution in [0, 0.1) is 0 Å². The van der Waals surface area contributed by atoms with Crippen molar-refractivity contribution in [2.24, 2.45) is 0 Å².